The quantitative estimate of drug-likeness (QED) is 0.363. The molecule has 1 saturated heterocycles. The topological polar surface area (TPSA) is 59.8 Å². The average molecular weight is 482 g/mol. The minimum absolute atomic E-state index is 0.158. The fourth-order valence-electron chi connectivity index (χ4n) is 4.54. The summed E-state index contributed by atoms with van der Waals surface area (Å²) < 4.78 is 27.9. The molecule has 2 aromatic carbocycles. The van der Waals surface area contributed by atoms with Crippen LogP contribution in [0.4, 0.5) is 4.39 Å². The van der Waals surface area contributed by atoms with Crippen molar-refractivity contribution in [2.45, 2.75) is 64.7 Å². The number of para-hydroxylation sites is 1. The number of nitrogens with zero attached hydrogens (tertiary/aromatic N) is 3. The third-order valence-corrected chi connectivity index (χ3v) is 6.38. The van der Waals surface area contributed by atoms with Crippen molar-refractivity contribution in [1.82, 2.24) is 14.7 Å². The molecular weight excluding hydrogens is 445 g/mol. The van der Waals surface area contributed by atoms with Gasteiger partial charge >= 0.3 is 0 Å². The molecule has 1 aromatic heterocycles. The Morgan fingerprint density at radius 3 is 2.77 bits per heavy atom. The van der Waals surface area contributed by atoms with Crippen molar-refractivity contribution in [3.63, 3.8) is 0 Å². The highest BCUT2D eigenvalue weighted by atomic mass is 19.1. The van der Waals surface area contributed by atoms with Crippen LogP contribution in [0.5, 0.6) is 11.6 Å². The number of hydrogen-bond donors (Lipinski definition) is 1. The molecule has 0 bridgehead atoms. The summed E-state index contributed by atoms with van der Waals surface area (Å²) >= 11 is 0. The number of ether oxygens (including phenoxy) is 2. The number of rotatable bonds is 12. The fraction of sp³-hybridized carbons (Fsp3) is 0.464. The van der Waals surface area contributed by atoms with E-state index in [1.807, 2.05) is 37.3 Å². The summed E-state index contributed by atoms with van der Waals surface area (Å²) in [6.07, 6.45) is 4.66. The van der Waals surface area contributed by atoms with Crippen LogP contribution in [0.3, 0.4) is 0 Å². The van der Waals surface area contributed by atoms with Crippen molar-refractivity contribution in [2.24, 2.45) is 0 Å². The third kappa shape index (κ3) is 6.90. The van der Waals surface area contributed by atoms with Crippen LogP contribution in [0.1, 0.15) is 50.3 Å². The first-order chi connectivity index (χ1) is 17.0. The molecule has 2 atom stereocenters. The van der Waals surface area contributed by atoms with Crippen LogP contribution in [0.25, 0.3) is 5.69 Å². The van der Waals surface area contributed by atoms with E-state index in [1.165, 1.54) is 12.1 Å². The van der Waals surface area contributed by atoms with Gasteiger partial charge in [0.2, 0.25) is 5.88 Å². The van der Waals surface area contributed by atoms with Crippen LogP contribution in [0.15, 0.2) is 54.6 Å². The Bertz CT molecular complexity index is 1070. The van der Waals surface area contributed by atoms with E-state index in [9.17, 15) is 9.50 Å². The van der Waals surface area contributed by atoms with Gasteiger partial charge in [0.05, 0.1) is 29.2 Å². The molecule has 0 spiro atoms. The van der Waals surface area contributed by atoms with Gasteiger partial charge in [0.1, 0.15) is 11.6 Å². The van der Waals surface area contributed by atoms with Crippen molar-refractivity contribution >= 4 is 0 Å². The van der Waals surface area contributed by atoms with Crippen molar-refractivity contribution in [3.8, 4) is 17.3 Å². The van der Waals surface area contributed by atoms with E-state index in [-0.39, 0.29) is 11.9 Å². The first-order valence-corrected chi connectivity index (χ1v) is 12.6. The molecule has 1 fully saturated rings. The molecule has 1 aliphatic heterocycles. The summed E-state index contributed by atoms with van der Waals surface area (Å²) in [7, 11) is 0. The number of benzene rings is 2. The number of halogens is 1. The van der Waals surface area contributed by atoms with Gasteiger partial charge in [-0.05, 0) is 50.5 Å². The molecule has 3 aromatic rings. The summed E-state index contributed by atoms with van der Waals surface area (Å²) in [5.74, 6) is 0.613. The molecule has 0 radical (unpaired) electrons. The Morgan fingerprint density at radius 1 is 1.23 bits per heavy atom. The van der Waals surface area contributed by atoms with Crippen LogP contribution in [0.2, 0.25) is 0 Å². The normalized spacial score (nSPS) is 16.7. The molecule has 0 aliphatic carbocycles. The van der Waals surface area contributed by atoms with E-state index >= 15 is 0 Å². The summed E-state index contributed by atoms with van der Waals surface area (Å²) in [5, 5.41) is 15.5. The molecule has 1 aliphatic rings. The summed E-state index contributed by atoms with van der Waals surface area (Å²) in [5.41, 5.74) is 2.61. The minimum Gasteiger partial charge on any atom is -0.438 e. The van der Waals surface area contributed by atoms with Gasteiger partial charge in [0, 0.05) is 32.3 Å². The maximum absolute atomic E-state index is 13.9. The van der Waals surface area contributed by atoms with Crippen LogP contribution >= 0.6 is 0 Å². The lowest BCUT2D eigenvalue weighted by atomic mass is 10.1. The van der Waals surface area contributed by atoms with E-state index in [0.717, 1.165) is 62.2 Å². The summed E-state index contributed by atoms with van der Waals surface area (Å²) in [6, 6.07) is 15.9. The second-order valence-electron chi connectivity index (χ2n) is 9.30. The highest BCUT2D eigenvalue weighted by Crippen LogP contribution is 2.32. The van der Waals surface area contributed by atoms with Crippen LogP contribution in [0, 0.1) is 12.7 Å². The molecule has 188 valence electrons. The summed E-state index contributed by atoms with van der Waals surface area (Å²) in [6.45, 7) is 6.72. The molecule has 4 rings (SSSR count). The Hall–Kier alpha value is -2.74. The molecule has 35 heavy (non-hydrogen) atoms. The van der Waals surface area contributed by atoms with E-state index in [1.54, 1.807) is 16.8 Å². The molecule has 2 heterocycles. The Balaban J connectivity index is 1.66. The van der Waals surface area contributed by atoms with Gasteiger partial charge < -0.3 is 14.6 Å². The maximum atomic E-state index is 13.9. The number of hydrogen-bond acceptors (Lipinski definition) is 5. The van der Waals surface area contributed by atoms with Gasteiger partial charge in [-0.25, -0.2) is 9.07 Å². The molecule has 7 heteroatoms. The molecule has 0 amide bonds. The highest BCUT2D eigenvalue weighted by Gasteiger charge is 2.26. The van der Waals surface area contributed by atoms with Crippen LogP contribution < -0.4 is 4.74 Å². The van der Waals surface area contributed by atoms with Crippen molar-refractivity contribution < 1.29 is 19.0 Å². The van der Waals surface area contributed by atoms with Gasteiger partial charge in [-0.3, -0.25) is 4.90 Å². The maximum Gasteiger partial charge on any atom is 0.227 e. The van der Waals surface area contributed by atoms with Gasteiger partial charge in [-0.1, -0.05) is 44.0 Å². The Morgan fingerprint density at radius 2 is 2.06 bits per heavy atom. The van der Waals surface area contributed by atoms with Crippen molar-refractivity contribution in [1.29, 1.82) is 0 Å². The smallest absolute Gasteiger partial charge is 0.227 e. The second-order valence-corrected chi connectivity index (χ2v) is 9.30. The van der Waals surface area contributed by atoms with Gasteiger partial charge in [0.15, 0.2) is 0 Å². The number of aromatic nitrogens is 2. The van der Waals surface area contributed by atoms with Crippen LogP contribution in [-0.2, 0) is 11.3 Å². The first-order valence-electron chi connectivity index (χ1n) is 12.6. The monoisotopic (exact) mass is 481 g/mol. The first kappa shape index (κ1) is 25.4. The molecule has 0 saturated carbocycles. The third-order valence-electron chi connectivity index (χ3n) is 6.38. The largest absolute Gasteiger partial charge is 0.438 e. The zero-order valence-electron chi connectivity index (χ0n) is 20.7. The van der Waals surface area contributed by atoms with E-state index in [0.29, 0.717) is 24.7 Å². The van der Waals surface area contributed by atoms with E-state index in [2.05, 4.69) is 11.8 Å². The summed E-state index contributed by atoms with van der Waals surface area (Å²) in [4.78, 5) is 2.24. The number of unbranched alkanes of at least 4 members (excludes halogenated alkanes) is 1. The molecular formula is C28H36FN3O3. The molecule has 0 unspecified atom stereocenters. The van der Waals surface area contributed by atoms with Crippen LogP contribution in [-0.4, -0.2) is 51.7 Å². The van der Waals surface area contributed by atoms with E-state index < -0.39 is 6.10 Å². The van der Waals surface area contributed by atoms with Gasteiger partial charge in [-0.15, -0.1) is 0 Å². The molecule has 6 nitrogen and oxygen atoms in total. The fourth-order valence-corrected chi connectivity index (χ4v) is 4.54. The minimum atomic E-state index is -0.409. The number of aryl methyl sites for hydroxylation is 1. The Labute approximate surface area is 207 Å². The van der Waals surface area contributed by atoms with Gasteiger partial charge in [0.25, 0.3) is 0 Å². The SMILES string of the molecule is CCCC[C@H](O)CN(Cc1c(C)nn(-c2ccccc2)c1Oc1cccc(F)c1)C[C@@H]1CCCO1. The predicted molar refractivity (Wildman–Crippen MR) is 135 cm³/mol. The van der Waals surface area contributed by atoms with Crippen molar-refractivity contribution in [3.05, 3.63) is 71.7 Å². The number of aliphatic hydroxyl groups excluding tert-OH is 1. The van der Waals surface area contributed by atoms with Gasteiger partial charge in [-0.2, -0.15) is 5.10 Å². The number of aliphatic hydroxyl groups is 1. The lowest BCUT2D eigenvalue weighted by Crippen LogP contribution is -2.37. The Kier molecular flexibility index (Phi) is 8.90. The standard InChI is InChI=1S/C28H36FN3O3/c1-3-4-13-24(33)18-31(19-26-15-9-16-34-26)20-27-21(2)30-32(23-11-6-5-7-12-23)28(27)35-25-14-8-10-22(29)17-25/h5-8,10-12,14,17,24,26,33H,3-4,9,13,15-16,18-20H2,1-2H3/t24-,26-/m0/s1. The highest BCUT2D eigenvalue weighted by molar-refractivity contribution is 5.43. The van der Waals surface area contributed by atoms with E-state index in [4.69, 9.17) is 14.6 Å². The predicted octanol–water partition coefficient (Wildman–Crippen LogP) is 5.64. The molecule has 1 N–H and O–H groups in total. The lowest BCUT2D eigenvalue weighted by molar-refractivity contribution is 0.0434. The zero-order valence-corrected chi connectivity index (χ0v) is 20.7. The second kappa shape index (κ2) is 12.3. The lowest BCUT2D eigenvalue weighted by Gasteiger charge is -2.27. The average Bonchev–Trinajstić information content (AvgIpc) is 3.47. The van der Waals surface area contributed by atoms with Crippen molar-refractivity contribution in [2.75, 3.05) is 19.7 Å². The zero-order chi connectivity index (χ0) is 24.6.